The molecule has 2 aromatic heterocycles. The van der Waals surface area contributed by atoms with Gasteiger partial charge in [0.25, 0.3) is 0 Å². The van der Waals surface area contributed by atoms with E-state index >= 15 is 0 Å². The number of nitrogens with zero attached hydrogens (tertiary/aromatic N) is 1. The molecule has 0 aliphatic rings. The number of oxazole rings is 1. The van der Waals surface area contributed by atoms with Crippen molar-refractivity contribution in [3.8, 4) is 10.8 Å². The number of rotatable bonds is 2. The van der Waals surface area contributed by atoms with Gasteiger partial charge in [0.15, 0.2) is 5.69 Å². The van der Waals surface area contributed by atoms with Crippen molar-refractivity contribution in [2.24, 2.45) is 0 Å². The molecule has 0 aliphatic heterocycles. The van der Waals surface area contributed by atoms with Crippen molar-refractivity contribution in [2.45, 2.75) is 6.92 Å². The maximum absolute atomic E-state index is 10.8. The van der Waals surface area contributed by atoms with Crippen LogP contribution in [0, 0.1) is 6.92 Å². The highest BCUT2D eigenvalue weighted by atomic mass is 79.9. The van der Waals surface area contributed by atoms with E-state index in [2.05, 4.69) is 36.8 Å². The molecule has 0 atom stereocenters. The van der Waals surface area contributed by atoms with Crippen molar-refractivity contribution in [3.63, 3.8) is 0 Å². The fraction of sp³-hybridized carbons (Fsp3) is 0.111. The van der Waals surface area contributed by atoms with Gasteiger partial charge in [-0.05, 0) is 44.8 Å². The molecule has 2 aromatic rings. The van der Waals surface area contributed by atoms with E-state index in [1.54, 1.807) is 6.92 Å². The number of carboxylic acids is 1. The SMILES string of the molecule is Cc1oc(-c2cc(Br)c(Br)s2)nc1C(=O)O. The van der Waals surface area contributed by atoms with E-state index in [4.69, 9.17) is 9.52 Å². The first-order chi connectivity index (χ1) is 7.49. The van der Waals surface area contributed by atoms with Crippen molar-refractivity contribution in [3.05, 3.63) is 25.8 Å². The maximum atomic E-state index is 10.8. The second-order valence-corrected chi connectivity index (χ2v) is 6.19. The first-order valence-electron chi connectivity index (χ1n) is 4.15. The zero-order valence-electron chi connectivity index (χ0n) is 7.95. The average molecular weight is 367 g/mol. The van der Waals surface area contributed by atoms with E-state index in [-0.39, 0.29) is 5.69 Å². The number of thiophene rings is 1. The van der Waals surface area contributed by atoms with Gasteiger partial charge in [0, 0.05) is 4.47 Å². The Morgan fingerprint density at radius 1 is 1.56 bits per heavy atom. The first kappa shape index (κ1) is 11.8. The van der Waals surface area contributed by atoms with Crippen molar-refractivity contribution < 1.29 is 14.3 Å². The first-order valence-corrected chi connectivity index (χ1v) is 6.55. The molecule has 0 amide bonds. The summed E-state index contributed by atoms with van der Waals surface area (Å²) in [6.45, 7) is 1.58. The van der Waals surface area contributed by atoms with Crippen molar-refractivity contribution in [1.29, 1.82) is 0 Å². The van der Waals surface area contributed by atoms with Crippen LogP contribution in [0.2, 0.25) is 0 Å². The van der Waals surface area contributed by atoms with Crippen LogP contribution >= 0.6 is 43.2 Å². The molecule has 2 heterocycles. The highest BCUT2D eigenvalue weighted by Crippen LogP contribution is 2.38. The molecule has 0 unspecified atom stereocenters. The third-order valence-corrected chi connectivity index (χ3v) is 5.10. The van der Waals surface area contributed by atoms with Gasteiger partial charge in [-0.15, -0.1) is 11.3 Å². The summed E-state index contributed by atoms with van der Waals surface area (Å²) >= 11 is 8.12. The standard InChI is InChI=1S/C9H5Br2NO3S/c1-3-6(9(13)14)12-8(15-3)5-2-4(10)7(11)16-5/h2H,1H3,(H,13,14). The number of aromatic nitrogens is 1. The van der Waals surface area contributed by atoms with Crippen molar-refractivity contribution >= 4 is 49.2 Å². The summed E-state index contributed by atoms with van der Waals surface area (Å²) in [6, 6.07) is 1.83. The van der Waals surface area contributed by atoms with E-state index in [0.717, 1.165) is 13.1 Å². The third kappa shape index (κ3) is 2.07. The molecular weight excluding hydrogens is 362 g/mol. The highest BCUT2D eigenvalue weighted by Gasteiger charge is 2.18. The van der Waals surface area contributed by atoms with Crippen LogP contribution in [-0.4, -0.2) is 16.1 Å². The molecule has 0 bridgehead atoms. The Morgan fingerprint density at radius 3 is 2.69 bits per heavy atom. The lowest BCUT2D eigenvalue weighted by Gasteiger charge is -1.85. The molecule has 1 N–H and O–H groups in total. The molecule has 7 heteroatoms. The molecule has 0 aliphatic carbocycles. The topological polar surface area (TPSA) is 63.3 Å². The molecule has 2 rings (SSSR count). The van der Waals surface area contributed by atoms with E-state index < -0.39 is 5.97 Å². The molecule has 0 saturated carbocycles. The summed E-state index contributed by atoms with van der Waals surface area (Å²) in [4.78, 5) is 15.5. The van der Waals surface area contributed by atoms with Crippen LogP contribution in [0.4, 0.5) is 0 Å². The summed E-state index contributed by atoms with van der Waals surface area (Å²) in [5.74, 6) is -0.448. The van der Waals surface area contributed by atoms with E-state index in [9.17, 15) is 4.79 Å². The number of hydrogen-bond donors (Lipinski definition) is 1. The lowest BCUT2D eigenvalue weighted by atomic mass is 10.4. The molecule has 84 valence electrons. The molecule has 0 spiro atoms. The molecule has 16 heavy (non-hydrogen) atoms. The van der Waals surface area contributed by atoms with Crippen LogP contribution in [0.1, 0.15) is 16.2 Å². The van der Waals surface area contributed by atoms with Crippen LogP contribution in [0.15, 0.2) is 18.7 Å². The Hall–Kier alpha value is -0.660. The zero-order valence-corrected chi connectivity index (χ0v) is 11.9. The van der Waals surface area contributed by atoms with Gasteiger partial charge in [0.2, 0.25) is 5.89 Å². The Labute approximate surface area is 112 Å². The van der Waals surface area contributed by atoms with Gasteiger partial charge < -0.3 is 9.52 Å². The Morgan fingerprint density at radius 2 is 2.25 bits per heavy atom. The van der Waals surface area contributed by atoms with Crippen LogP contribution in [0.5, 0.6) is 0 Å². The minimum Gasteiger partial charge on any atom is -0.476 e. The van der Waals surface area contributed by atoms with Gasteiger partial charge in [-0.3, -0.25) is 0 Å². The minimum absolute atomic E-state index is 0.0457. The summed E-state index contributed by atoms with van der Waals surface area (Å²) < 4.78 is 7.11. The van der Waals surface area contributed by atoms with Gasteiger partial charge in [-0.1, -0.05) is 0 Å². The van der Waals surface area contributed by atoms with Gasteiger partial charge in [0.1, 0.15) is 5.76 Å². The fourth-order valence-corrected chi connectivity index (χ4v) is 3.11. The summed E-state index contributed by atoms with van der Waals surface area (Å²) in [7, 11) is 0. The van der Waals surface area contributed by atoms with Crippen LogP contribution in [0.25, 0.3) is 10.8 Å². The van der Waals surface area contributed by atoms with E-state index in [1.807, 2.05) is 6.07 Å². The predicted molar refractivity (Wildman–Crippen MR) is 66.9 cm³/mol. The van der Waals surface area contributed by atoms with Gasteiger partial charge in [-0.2, -0.15) is 0 Å². The quantitative estimate of drug-likeness (QED) is 0.874. The third-order valence-electron chi connectivity index (χ3n) is 1.86. The fourth-order valence-electron chi connectivity index (χ4n) is 1.15. The van der Waals surface area contributed by atoms with Crippen molar-refractivity contribution in [2.75, 3.05) is 0 Å². The maximum Gasteiger partial charge on any atom is 0.358 e. The van der Waals surface area contributed by atoms with E-state index in [0.29, 0.717) is 11.7 Å². The summed E-state index contributed by atoms with van der Waals surface area (Å²) in [6.07, 6.45) is 0. The zero-order chi connectivity index (χ0) is 11.9. The number of aromatic carboxylic acids is 1. The Bertz CT molecular complexity index is 542. The summed E-state index contributed by atoms with van der Waals surface area (Å²) in [5.41, 5.74) is -0.0457. The lowest BCUT2D eigenvalue weighted by Crippen LogP contribution is -1.98. The van der Waals surface area contributed by atoms with Crippen LogP contribution in [0.3, 0.4) is 0 Å². The number of halogens is 2. The monoisotopic (exact) mass is 365 g/mol. The second-order valence-electron chi connectivity index (χ2n) is 2.96. The molecule has 0 fully saturated rings. The summed E-state index contributed by atoms with van der Waals surface area (Å²) in [5, 5.41) is 8.85. The Kier molecular flexibility index (Phi) is 3.18. The molecular formula is C9H5Br2NO3S. The number of carbonyl (C=O) groups is 1. The van der Waals surface area contributed by atoms with Crippen LogP contribution < -0.4 is 0 Å². The normalized spacial score (nSPS) is 10.7. The van der Waals surface area contributed by atoms with Gasteiger partial charge >= 0.3 is 5.97 Å². The van der Waals surface area contributed by atoms with Gasteiger partial charge in [-0.25, -0.2) is 9.78 Å². The molecule has 4 nitrogen and oxygen atoms in total. The highest BCUT2D eigenvalue weighted by molar-refractivity contribution is 9.13. The largest absolute Gasteiger partial charge is 0.476 e. The van der Waals surface area contributed by atoms with Crippen molar-refractivity contribution in [1.82, 2.24) is 4.98 Å². The van der Waals surface area contributed by atoms with Gasteiger partial charge in [0.05, 0.1) is 8.66 Å². The van der Waals surface area contributed by atoms with E-state index in [1.165, 1.54) is 11.3 Å². The number of hydrogen-bond acceptors (Lipinski definition) is 4. The van der Waals surface area contributed by atoms with Crippen LogP contribution in [-0.2, 0) is 0 Å². The molecule has 0 aromatic carbocycles. The predicted octanol–water partition coefficient (Wildman–Crippen LogP) is 3.93. The average Bonchev–Trinajstić information content (AvgIpc) is 2.71. The number of carboxylic acid groups (broad SMARTS) is 1. The molecule has 0 radical (unpaired) electrons. The smallest absolute Gasteiger partial charge is 0.358 e. The second kappa shape index (κ2) is 4.31. The molecule has 0 saturated heterocycles. The number of aryl methyl sites for hydroxylation is 1. The Balaban J connectivity index is 2.49. The minimum atomic E-state index is -1.08. The lowest BCUT2D eigenvalue weighted by molar-refractivity contribution is 0.0689.